The van der Waals surface area contributed by atoms with E-state index in [1.54, 1.807) is 14.2 Å². The molecule has 2 aromatic carbocycles. The van der Waals surface area contributed by atoms with Gasteiger partial charge in [0.25, 0.3) is 0 Å². The first-order valence-corrected chi connectivity index (χ1v) is 14.7. The molecular weight excluding hydrogens is 536 g/mol. The van der Waals surface area contributed by atoms with Crippen LogP contribution in [-0.4, -0.2) is 77.2 Å². The maximum atomic E-state index is 11.9. The maximum absolute atomic E-state index is 11.9. The van der Waals surface area contributed by atoms with Crippen LogP contribution in [0, 0.1) is 11.3 Å². The van der Waals surface area contributed by atoms with Crippen molar-refractivity contribution in [1.82, 2.24) is 9.80 Å². The number of piperazine rings is 1. The van der Waals surface area contributed by atoms with Gasteiger partial charge in [-0.3, -0.25) is 9.80 Å². The Morgan fingerprint density at radius 2 is 1.38 bits per heavy atom. The predicted molar refractivity (Wildman–Crippen MR) is 155 cm³/mol. The number of phenols is 2. The molecule has 0 saturated carbocycles. The van der Waals surface area contributed by atoms with E-state index in [1.165, 1.54) is 0 Å². The van der Waals surface area contributed by atoms with Crippen LogP contribution in [0.25, 0.3) is 0 Å². The van der Waals surface area contributed by atoms with E-state index in [0.717, 1.165) is 33.6 Å². The number of phenolic OH excluding ortho intramolecular Hbond substituents is 2. The van der Waals surface area contributed by atoms with Crippen LogP contribution in [0.5, 0.6) is 34.5 Å². The summed E-state index contributed by atoms with van der Waals surface area (Å²) in [6.07, 6.45) is 2.23. The van der Waals surface area contributed by atoms with E-state index < -0.39 is 23.3 Å². The number of rotatable bonds is 3. The zero-order valence-electron chi connectivity index (χ0n) is 25.4. The van der Waals surface area contributed by atoms with Crippen molar-refractivity contribution in [2.24, 2.45) is 5.73 Å². The number of nitrogens with zero attached hydrogens (tertiary/aromatic N) is 3. The minimum Gasteiger partial charge on any atom is -0.504 e. The lowest BCUT2D eigenvalue weighted by molar-refractivity contribution is -0.0714. The standard InChI is InChI=1S/C32H40N4O6/c1-31(2)10-16-27(39-6)14-9-19-24-23-15(28(40-7)17-11-32(3,4)42-30(17)26(23)38)8-18(35(24)5)20(12-33)36(19)21(13-34)22(14)25(37)29(16)41-31/h18-21,24,37-38H,8-11,13,34H2,1-7H3/t18-,19-,20-,21-,24-/m0/s1. The average molecular weight is 577 g/mol. The molecule has 7 rings (SSSR count). The minimum atomic E-state index is -0.519. The molecular formula is C32H40N4O6. The van der Waals surface area contributed by atoms with Gasteiger partial charge in [0.1, 0.15) is 28.7 Å². The van der Waals surface area contributed by atoms with Crippen molar-refractivity contribution < 1.29 is 29.2 Å². The first-order valence-electron chi connectivity index (χ1n) is 14.7. The summed E-state index contributed by atoms with van der Waals surface area (Å²) in [6.45, 7) is 8.19. The van der Waals surface area contributed by atoms with Gasteiger partial charge >= 0.3 is 0 Å². The van der Waals surface area contributed by atoms with Crippen molar-refractivity contribution in [3.8, 4) is 40.6 Å². The molecule has 5 aliphatic rings. The van der Waals surface area contributed by atoms with Crippen molar-refractivity contribution in [1.29, 1.82) is 5.26 Å². The molecule has 10 nitrogen and oxygen atoms in total. The molecule has 0 spiro atoms. The molecule has 0 aliphatic carbocycles. The molecule has 2 bridgehead atoms. The van der Waals surface area contributed by atoms with Gasteiger partial charge in [-0.1, -0.05) is 0 Å². The molecule has 0 radical (unpaired) electrons. The van der Waals surface area contributed by atoms with Crippen molar-refractivity contribution in [3.63, 3.8) is 0 Å². The van der Waals surface area contributed by atoms with Crippen molar-refractivity contribution >= 4 is 0 Å². The fraction of sp³-hybridized carbons (Fsp3) is 0.594. The van der Waals surface area contributed by atoms with Gasteiger partial charge in [-0.05, 0) is 47.6 Å². The second-order valence-corrected chi connectivity index (χ2v) is 13.7. The highest BCUT2D eigenvalue weighted by Gasteiger charge is 2.58. The first kappa shape index (κ1) is 27.4. The SMILES string of the molecule is COc1c2c(c(O)c3c1C[C@H]1[C@H](C#N)N4[C@@H](CN)c5c(O)c6c(c(OC)c5C[C@H]4[C@@H]3N1C)CC(C)(C)O6)OC(C)(C)C2. The second kappa shape index (κ2) is 8.82. The largest absolute Gasteiger partial charge is 0.504 e. The summed E-state index contributed by atoms with van der Waals surface area (Å²) in [6, 6.07) is 0.907. The van der Waals surface area contributed by atoms with Gasteiger partial charge in [-0.25, -0.2) is 0 Å². The van der Waals surface area contributed by atoms with E-state index in [9.17, 15) is 15.5 Å². The Morgan fingerprint density at radius 3 is 1.88 bits per heavy atom. The van der Waals surface area contributed by atoms with Gasteiger partial charge in [0.2, 0.25) is 0 Å². The number of aromatic hydroxyl groups is 2. The third-order valence-corrected chi connectivity index (χ3v) is 10.2. The summed E-state index contributed by atoms with van der Waals surface area (Å²) in [5, 5.41) is 34.3. The van der Waals surface area contributed by atoms with Gasteiger partial charge in [-0.15, -0.1) is 0 Å². The van der Waals surface area contributed by atoms with Gasteiger partial charge < -0.3 is 34.9 Å². The lowest BCUT2D eigenvalue weighted by atomic mass is 9.71. The Labute approximate surface area is 246 Å². The van der Waals surface area contributed by atoms with E-state index in [4.69, 9.17) is 24.7 Å². The molecule has 0 amide bonds. The molecule has 42 heavy (non-hydrogen) atoms. The van der Waals surface area contributed by atoms with Crippen LogP contribution in [-0.2, 0) is 25.7 Å². The number of ether oxygens (including phenoxy) is 4. The fourth-order valence-corrected chi connectivity index (χ4v) is 8.75. The summed E-state index contributed by atoms with van der Waals surface area (Å²) in [5.74, 6) is 2.60. The maximum Gasteiger partial charge on any atom is 0.169 e. The van der Waals surface area contributed by atoms with Gasteiger partial charge in [0.15, 0.2) is 23.0 Å². The summed E-state index contributed by atoms with van der Waals surface area (Å²) >= 11 is 0. The molecule has 0 unspecified atom stereocenters. The van der Waals surface area contributed by atoms with Gasteiger partial charge in [0, 0.05) is 64.9 Å². The van der Waals surface area contributed by atoms with Crippen molar-refractivity contribution in [2.75, 3.05) is 27.8 Å². The van der Waals surface area contributed by atoms with Crippen LogP contribution < -0.4 is 24.7 Å². The van der Waals surface area contributed by atoms with Gasteiger partial charge in [0.05, 0.1) is 32.4 Å². The Hall–Kier alpha value is -3.39. The quantitative estimate of drug-likeness (QED) is 0.500. The Kier molecular flexibility index (Phi) is 5.76. The van der Waals surface area contributed by atoms with Crippen LogP contribution in [0.2, 0.25) is 0 Å². The number of methoxy groups -OCH3 is 2. The van der Waals surface area contributed by atoms with Crippen LogP contribution in [0.4, 0.5) is 0 Å². The van der Waals surface area contributed by atoms with Crippen molar-refractivity contribution in [3.05, 3.63) is 33.4 Å². The number of hydrogen-bond donors (Lipinski definition) is 3. The minimum absolute atomic E-state index is 0.0828. The Morgan fingerprint density at radius 1 is 0.881 bits per heavy atom. The van der Waals surface area contributed by atoms with Crippen molar-refractivity contribution in [2.45, 2.75) is 94.8 Å². The zero-order valence-corrected chi connectivity index (χ0v) is 25.4. The number of nitriles is 1. The molecule has 5 atom stereocenters. The zero-order chi connectivity index (χ0) is 30.0. The predicted octanol–water partition coefficient (Wildman–Crippen LogP) is 3.27. The Balaban J connectivity index is 1.48. The van der Waals surface area contributed by atoms with Gasteiger partial charge in [-0.2, -0.15) is 5.26 Å². The molecule has 5 heterocycles. The normalized spacial score (nSPS) is 29.6. The van der Waals surface area contributed by atoms with Crippen LogP contribution in [0.15, 0.2) is 0 Å². The summed E-state index contributed by atoms with van der Waals surface area (Å²) in [4.78, 5) is 4.41. The molecule has 4 N–H and O–H groups in total. The monoisotopic (exact) mass is 576 g/mol. The number of fused-ring (bicyclic) bond motifs is 9. The molecule has 10 heteroatoms. The molecule has 5 aliphatic heterocycles. The van der Waals surface area contributed by atoms with Crippen LogP contribution >= 0.6 is 0 Å². The highest BCUT2D eigenvalue weighted by atomic mass is 16.5. The smallest absolute Gasteiger partial charge is 0.169 e. The summed E-state index contributed by atoms with van der Waals surface area (Å²) in [7, 11) is 5.35. The topological polar surface area (TPSA) is 134 Å². The number of likely N-dealkylation sites (N-methyl/N-ethyl adjacent to an activating group) is 1. The third-order valence-electron chi connectivity index (χ3n) is 10.2. The fourth-order valence-electron chi connectivity index (χ4n) is 8.75. The highest BCUT2D eigenvalue weighted by molar-refractivity contribution is 5.69. The first-order chi connectivity index (χ1) is 19.9. The molecule has 0 aromatic heterocycles. The number of nitrogens with two attached hydrogens (primary N) is 1. The molecule has 2 aromatic rings. The highest BCUT2D eigenvalue weighted by Crippen LogP contribution is 2.61. The molecule has 1 fully saturated rings. The lowest BCUT2D eigenvalue weighted by Gasteiger charge is -2.60. The van der Waals surface area contributed by atoms with E-state index in [2.05, 4.69) is 15.9 Å². The molecule has 1 saturated heterocycles. The lowest BCUT2D eigenvalue weighted by Crippen LogP contribution is -2.68. The number of benzene rings is 2. The summed E-state index contributed by atoms with van der Waals surface area (Å²) < 4.78 is 24.6. The molecule has 224 valence electrons. The van der Waals surface area contributed by atoms with Crippen LogP contribution in [0.3, 0.4) is 0 Å². The summed E-state index contributed by atoms with van der Waals surface area (Å²) in [5.41, 5.74) is 10.5. The van der Waals surface area contributed by atoms with E-state index >= 15 is 0 Å². The van der Waals surface area contributed by atoms with E-state index in [-0.39, 0.29) is 36.2 Å². The average Bonchev–Trinajstić information content (AvgIpc) is 3.44. The van der Waals surface area contributed by atoms with Crippen LogP contribution in [0.1, 0.15) is 73.2 Å². The third kappa shape index (κ3) is 3.41. The number of hydrogen-bond acceptors (Lipinski definition) is 10. The second-order valence-electron chi connectivity index (χ2n) is 13.7. The van der Waals surface area contributed by atoms with E-state index in [1.807, 2.05) is 34.7 Å². The Bertz CT molecular complexity index is 1560. The van der Waals surface area contributed by atoms with E-state index in [0.29, 0.717) is 48.5 Å².